The van der Waals surface area contributed by atoms with Gasteiger partial charge in [-0.2, -0.15) is 0 Å². The van der Waals surface area contributed by atoms with Crippen molar-refractivity contribution in [1.29, 1.82) is 0 Å². The van der Waals surface area contributed by atoms with E-state index in [1.54, 1.807) is 17.3 Å². The van der Waals surface area contributed by atoms with E-state index in [2.05, 4.69) is 10.3 Å². The van der Waals surface area contributed by atoms with E-state index in [1.807, 2.05) is 43.3 Å². The van der Waals surface area contributed by atoms with Crippen molar-refractivity contribution in [3.8, 4) is 0 Å². The van der Waals surface area contributed by atoms with E-state index in [-0.39, 0.29) is 11.8 Å². The molecule has 126 valence electrons. The quantitative estimate of drug-likeness (QED) is 0.848. The highest BCUT2D eigenvalue weighted by Crippen LogP contribution is 2.05. The first kappa shape index (κ1) is 17.7. The number of nitrogens with zero attached hydrogens (tertiary/aromatic N) is 2. The molecule has 0 aliphatic carbocycles. The van der Waals surface area contributed by atoms with Crippen LogP contribution < -0.4 is 5.32 Å². The van der Waals surface area contributed by atoms with E-state index in [9.17, 15) is 9.59 Å². The van der Waals surface area contributed by atoms with Gasteiger partial charge in [-0.05, 0) is 30.2 Å². The number of hydrogen-bond acceptors (Lipinski definition) is 3. The molecular weight excluding hydrogens is 302 g/mol. The molecule has 0 saturated heterocycles. The molecule has 0 radical (unpaired) electrons. The first-order valence-corrected chi connectivity index (χ1v) is 8.01. The molecule has 24 heavy (non-hydrogen) atoms. The van der Waals surface area contributed by atoms with Crippen LogP contribution in [0.1, 0.15) is 23.6 Å². The van der Waals surface area contributed by atoms with Gasteiger partial charge in [0.1, 0.15) is 0 Å². The fraction of sp³-hybridized carbons (Fsp3) is 0.316. The highest BCUT2D eigenvalue weighted by atomic mass is 16.2. The van der Waals surface area contributed by atoms with E-state index in [0.29, 0.717) is 26.1 Å². The van der Waals surface area contributed by atoms with Crippen molar-refractivity contribution in [1.82, 2.24) is 15.2 Å². The SMILES string of the molecule is CC(=O)N(CCNC(=O)Cc1cccc(C)c1)Cc1ccncc1. The number of nitrogens with one attached hydrogen (secondary N) is 1. The maximum Gasteiger partial charge on any atom is 0.224 e. The summed E-state index contributed by atoms with van der Waals surface area (Å²) in [5.74, 6) is -0.0484. The number of amides is 2. The lowest BCUT2D eigenvalue weighted by Gasteiger charge is -2.21. The molecule has 0 fully saturated rings. The number of rotatable bonds is 7. The third-order valence-corrected chi connectivity index (χ3v) is 3.72. The lowest BCUT2D eigenvalue weighted by atomic mass is 10.1. The van der Waals surface area contributed by atoms with Gasteiger partial charge in [-0.3, -0.25) is 14.6 Å². The first-order chi connectivity index (χ1) is 11.5. The molecule has 0 bridgehead atoms. The Hall–Kier alpha value is -2.69. The van der Waals surface area contributed by atoms with Crippen LogP contribution >= 0.6 is 0 Å². The zero-order chi connectivity index (χ0) is 17.4. The number of aromatic nitrogens is 1. The van der Waals surface area contributed by atoms with Gasteiger partial charge < -0.3 is 10.2 Å². The van der Waals surface area contributed by atoms with Gasteiger partial charge in [0, 0.05) is 39.0 Å². The average Bonchev–Trinajstić information content (AvgIpc) is 2.54. The van der Waals surface area contributed by atoms with Crippen LogP contribution in [-0.4, -0.2) is 34.8 Å². The van der Waals surface area contributed by atoms with Crippen molar-refractivity contribution in [2.45, 2.75) is 26.8 Å². The van der Waals surface area contributed by atoms with Crippen LogP contribution in [-0.2, 0) is 22.6 Å². The Morgan fingerprint density at radius 1 is 1.12 bits per heavy atom. The molecule has 5 nitrogen and oxygen atoms in total. The minimum atomic E-state index is -0.0342. The van der Waals surface area contributed by atoms with Crippen LogP contribution in [0.2, 0.25) is 0 Å². The number of carbonyl (C=O) groups is 2. The molecule has 0 aliphatic heterocycles. The van der Waals surface area contributed by atoms with E-state index in [0.717, 1.165) is 16.7 Å². The maximum atomic E-state index is 12.0. The molecule has 1 heterocycles. The molecule has 2 aromatic rings. The first-order valence-electron chi connectivity index (χ1n) is 8.01. The Kier molecular flexibility index (Phi) is 6.49. The number of aryl methyl sites for hydroxylation is 1. The fourth-order valence-corrected chi connectivity index (χ4v) is 2.46. The summed E-state index contributed by atoms with van der Waals surface area (Å²) in [5, 5.41) is 2.88. The van der Waals surface area contributed by atoms with Gasteiger partial charge in [-0.15, -0.1) is 0 Å². The molecular formula is C19H23N3O2. The second-order valence-electron chi connectivity index (χ2n) is 5.81. The van der Waals surface area contributed by atoms with Crippen LogP contribution in [0.4, 0.5) is 0 Å². The molecule has 0 unspecified atom stereocenters. The summed E-state index contributed by atoms with van der Waals surface area (Å²) in [4.78, 5) is 29.4. The molecule has 2 rings (SSSR count). The molecule has 1 aromatic carbocycles. The zero-order valence-corrected chi connectivity index (χ0v) is 14.2. The molecule has 0 atom stereocenters. The molecule has 0 spiro atoms. The topological polar surface area (TPSA) is 62.3 Å². The number of benzene rings is 1. The Morgan fingerprint density at radius 3 is 2.54 bits per heavy atom. The van der Waals surface area contributed by atoms with E-state index >= 15 is 0 Å². The second kappa shape index (κ2) is 8.82. The second-order valence-corrected chi connectivity index (χ2v) is 5.81. The highest BCUT2D eigenvalue weighted by molar-refractivity contribution is 5.78. The van der Waals surface area contributed by atoms with Gasteiger partial charge in [0.15, 0.2) is 0 Å². The standard InChI is InChI=1S/C19H23N3O2/c1-15-4-3-5-18(12-15)13-19(24)21-10-11-22(16(2)23)14-17-6-8-20-9-7-17/h3-9,12H,10-11,13-14H2,1-2H3,(H,21,24). The summed E-state index contributed by atoms with van der Waals surface area (Å²) >= 11 is 0. The smallest absolute Gasteiger partial charge is 0.224 e. The van der Waals surface area contributed by atoms with Crippen molar-refractivity contribution < 1.29 is 9.59 Å². The molecule has 0 aliphatic rings. The van der Waals surface area contributed by atoms with Gasteiger partial charge >= 0.3 is 0 Å². The minimum Gasteiger partial charge on any atom is -0.354 e. The highest BCUT2D eigenvalue weighted by Gasteiger charge is 2.10. The summed E-state index contributed by atoms with van der Waals surface area (Å²) in [6.45, 7) is 4.99. The number of carbonyl (C=O) groups excluding carboxylic acids is 2. The van der Waals surface area contributed by atoms with Crippen LogP contribution in [0.3, 0.4) is 0 Å². The van der Waals surface area contributed by atoms with E-state index in [4.69, 9.17) is 0 Å². The number of hydrogen-bond donors (Lipinski definition) is 1. The molecule has 1 N–H and O–H groups in total. The van der Waals surface area contributed by atoms with Crippen LogP contribution in [0.5, 0.6) is 0 Å². The monoisotopic (exact) mass is 325 g/mol. The van der Waals surface area contributed by atoms with Crippen LogP contribution in [0, 0.1) is 6.92 Å². The van der Waals surface area contributed by atoms with Gasteiger partial charge in [0.2, 0.25) is 11.8 Å². The summed E-state index contributed by atoms with van der Waals surface area (Å²) < 4.78 is 0. The summed E-state index contributed by atoms with van der Waals surface area (Å²) in [6, 6.07) is 11.7. The van der Waals surface area contributed by atoms with Crippen LogP contribution in [0.15, 0.2) is 48.8 Å². The predicted octanol–water partition coefficient (Wildman–Crippen LogP) is 2.10. The summed E-state index contributed by atoms with van der Waals surface area (Å²) in [7, 11) is 0. The maximum absolute atomic E-state index is 12.0. The zero-order valence-electron chi connectivity index (χ0n) is 14.2. The molecule has 0 saturated carbocycles. The van der Waals surface area contributed by atoms with Crippen molar-refractivity contribution in [3.63, 3.8) is 0 Å². The van der Waals surface area contributed by atoms with Gasteiger partial charge in [0.05, 0.1) is 6.42 Å². The molecule has 2 amide bonds. The third-order valence-electron chi connectivity index (χ3n) is 3.72. The Bertz CT molecular complexity index is 686. The van der Waals surface area contributed by atoms with Crippen molar-refractivity contribution in [3.05, 3.63) is 65.5 Å². The van der Waals surface area contributed by atoms with Gasteiger partial charge in [-0.1, -0.05) is 29.8 Å². The Balaban J connectivity index is 1.80. The van der Waals surface area contributed by atoms with E-state index < -0.39 is 0 Å². The van der Waals surface area contributed by atoms with Crippen molar-refractivity contribution in [2.75, 3.05) is 13.1 Å². The number of pyridine rings is 1. The fourth-order valence-electron chi connectivity index (χ4n) is 2.46. The van der Waals surface area contributed by atoms with Crippen molar-refractivity contribution in [2.24, 2.45) is 0 Å². The van der Waals surface area contributed by atoms with E-state index in [1.165, 1.54) is 6.92 Å². The average molecular weight is 325 g/mol. The molecule has 5 heteroatoms. The predicted molar refractivity (Wildman–Crippen MR) is 93.2 cm³/mol. The Labute approximate surface area is 142 Å². The lowest BCUT2D eigenvalue weighted by molar-refractivity contribution is -0.130. The largest absolute Gasteiger partial charge is 0.354 e. The van der Waals surface area contributed by atoms with Gasteiger partial charge in [-0.25, -0.2) is 0 Å². The lowest BCUT2D eigenvalue weighted by Crippen LogP contribution is -2.37. The normalized spacial score (nSPS) is 10.2. The summed E-state index contributed by atoms with van der Waals surface area (Å²) in [5.41, 5.74) is 3.15. The summed E-state index contributed by atoms with van der Waals surface area (Å²) in [6.07, 6.45) is 3.76. The van der Waals surface area contributed by atoms with Gasteiger partial charge in [0.25, 0.3) is 0 Å². The molecule has 1 aromatic heterocycles. The third kappa shape index (κ3) is 5.83. The van der Waals surface area contributed by atoms with Crippen molar-refractivity contribution >= 4 is 11.8 Å². The minimum absolute atomic E-state index is 0.0141. The Morgan fingerprint density at radius 2 is 1.88 bits per heavy atom. The van der Waals surface area contributed by atoms with Crippen LogP contribution in [0.25, 0.3) is 0 Å².